The number of Topliss-reactive ketones (excluding diaryl/α,β-unsaturated/α-hetero) is 1. The first kappa shape index (κ1) is 23.3. The van der Waals surface area contributed by atoms with E-state index in [0.29, 0.717) is 35.2 Å². The molecule has 0 bridgehead atoms. The van der Waals surface area contributed by atoms with Gasteiger partial charge in [0.15, 0.2) is 5.78 Å². The number of halogens is 1. The minimum absolute atomic E-state index is 0.0638. The van der Waals surface area contributed by atoms with E-state index in [2.05, 4.69) is 47.2 Å². The minimum Gasteiger partial charge on any atom is -0.325 e. The Kier molecular flexibility index (Phi) is 6.14. The van der Waals surface area contributed by atoms with Crippen LogP contribution in [0, 0.1) is 28.6 Å². The summed E-state index contributed by atoms with van der Waals surface area (Å²) in [6.07, 6.45) is 8.31. The fourth-order valence-corrected chi connectivity index (χ4v) is 8.96. The molecule has 0 saturated heterocycles. The Balaban J connectivity index is 1.46. The summed E-state index contributed by atoms with van der Waals surface area (Å²) in [5.41, 5.74) is 2.05. The van der Waals surface area contributed by atoms with E-state index in [0.717, 1.165) is 44.2 Å². The fourth-order valence-electron chi connectivity index (χ4n) is 7.38. The van der Waals surface area contributed by atoms with Gasteiger partial charge >= 0.3 is 0 Å². The lowest BCUT2D eigenvalue weighted by Crippen LogP contribution is -2.54. The largest absolute Gasteiger partial charge is 0.325 e. The van der Waals surface area contributed by atoms with E-state index in [4.69, 9.17) is 0 Å². The van der Waals surface area contributed by atoms with E-state index in [-0.39, 0.29) is 27.9 Å². The number of fused-ring (bicyclic) bond motifs is 5. The summed E-state index contributed by atoms with van der Waals surface area (Å²) in [7, 11) is 0. The second kappa shape index (κ2) is 8.67. The summed E-state index contributed by atoms with van der Waals surface area (Å²) < 4.78 is 0. The van der Waals surface area contributed by atoms with Gasteiger partial charge in [-0.2, -0.15) is 0 Å². The molecule has 33 heavy (non-hydrogen) atoms. The summed E-state index contributed by atoms with van der Waals surface area (Å²) >= 11 is 5.09. The molecule has 1 N–H and O–H groups in total. The highest BCUT2D eigenvalue weighted by molar-refractivity contribution is 9.09. The number of carbonyl (C=O) groups excluding carboxylic acids is 3. The number of amides is 1. The van der Waals surface area contributed by atoms with E-state index in [9.17, 15) is 14.4 Å². The van der Waals surface area contributed by atoms with Crippen LogP contribution in [0.3, 0.4) is 0 Å². The maximum absolute atomic E-state index is 12.9. The average molecular weight is 531 g/mol. The predicted molar refractivity (Wildman–Crippen MR) is 136 cm³/mol. The van der Waals surface area contributed by atoms with Crippen molar-refractivity contribution in [2.24, 2.45) is 28.6 Å². The molecule has 0 radical (unpaired) electrons. The summed E-state index contributed by atoms with van der Waals surface area (Å²) in [5.74, 6) is 2.13. The number of ketones is 2. The zero-order chi connectivity index (χ0) is 23.4. The van der Waals surface area contributed by atoms with Crippen molar-refractivity contribution in [3.05, 3.63) is 35.9 Å². The minimum atomic E-state index is -0.175. The molecule has 1 unspecified atom stereocenters. The maximum Gasteiger partial charge on any atom is 0.235 e. The predicted octanol–water partition coefficient (Wildman–Crippen LogP) is 6.19. The lowest BCUT2D eigenvalue weighted by atomic mass is 9.47. The van der Waals surface area contributed by atoms with Gasteiger partial charge in [0.2, 0.25) is 5.91 Å². The fraction of sp³-hybridized carbons (Fsp3) is 0.593. The second-order valence-corrected chi connectivity index (χ2v) is 12.7. The highest BCUT2D eigenvalue weighted by Gasteiger charge is 2.61. The summed E-state index contributed by atoms with van der Waals surface area (Å²) in [5, 5.41) is 3.51. The van der Waals surface area contributed by atoms with Crippen LogP contribution in [-0.2, 0) is 14.4 Å². The van der Waals surface area contributed by atoms with Crippen LogP contribution < -0.4 is 5.32 Å². The van der Waals surface area contributed by atoms with E-state index in [1.54, 1.807) is 0 Å². The van der Waals surface area contributed by atoms with Crippen molar-refractivity contribution in [1.29, 1.82) is 0 Å². The van der Waals surface area contributed by atoms with E-state index in [1.807, 2.05) is 30.0 Å². The van der Waals surface area contributed by atoms with Crippen molar-refractivity contribution in [3.8, 4) is 0 Å². The van der Waals surface area contributed by atoms with Gasteiger partial charge in [-0.3, -0.25) is 14.4 Å². The summed E-state index contributed by atoms with van der Waals surface area (Å²) in [6.45, 7) is 4.62. The molecule has 4 aliphatic rings. The molecule has 6 atom stereocenters. The van der Waals surface area contributed by atoms with E-state index in [1.165, 1.54) is 10.5 Å². The molecule has 0 aliphatic heterocycles. The third kappa shape index (κ3) is 3.95. The van der Waals surface area contributed by atoms with E-state index >= 15 is 0 Å². The molecule has 0 heterocycles. The molecular weight excluding hydrogens is 498 g/mol. The number of anilines is 1. The van der Waals surface area contributed by atoms with Crippen LogP contribution in [0.15, 0.2) is 40.8 Å². The van der Waals surface area contributed by atoms with Crippen molar-refractivity contribution >= 4 is 50.9 Å². The smallest absolute Gasteiger partial charge is 0.235 e. The number of hydrogen-bond acceptors (Lipinski definition) is 4. The molecule has 5 rings (SSSR count). The lowest BCUT2D eigenvalue weighted by Gasteiger charge is -2.59. The standard InChI is InChI=1S/C27H32BrNO3S/c1-26-11-9-18(30)13-16(26)14-22(33-19-5-3-17(4-6-19)29-24(32)15-28)25-20-7-8-23(31)27(20,2)12-10-21(25)26/h3-6,13,20-22,25H,7-12,14-15H2,1-2H3,(H,29,32)/t20-,21-,22?,25-,26-,27-/m0/s1. The highest BCUT2D eigenvalue weighted by atomic mass is 79.9. The molecule has 1 amide bonds. The van der Waals surface area contributed by atoms with Crippen LogP contribution in [0.4, 0.5) is 5.69 Å². The quantitative estimate of drug-likeness (QED) is 0.472. The van der Waals surface area contributed by atoms with Crippen molar-refractivity contribution in [2.75, 3.05) is 10.6 Å². The zero-order valence-electron chi connectivity index (χ0n) is 19.4. The van der Waals surface area contributed by atoms with Gasteiger partial charge in [-0.05, 0) is 85.6 Å². The number of allylic oxidation sites excluding steroid dienone is 1. The SMILES string of the molecule is C[C@]12CCC(=O)C=C1CC(Sc1ccc(NC(=O)CBr)cc1)[C@@H]1[C@@H]2CC[C@]2(C)C(=O)CC[C@@H]12. The van der Waals surface area contributed by atoms with E-state index < -0.39 is 0 Å². The van der Waals surface area contributed by atoms with Crippen LogP contribution >= 0.6 is 27.7 Å². The molecule has 0 aromatic heterocycles. The maximum atomic E-state index is 12.9. The molecule has 0 spiro atoms. The third-order valence-corrected chi connectivity index (χ3v) is 11.1. The zero-order valence-corrected chi connectivity index (χ0v) is 21.8. The molecule has 3 fully saturated rings. The van der Waals surface area contributed by atoms with Crippen molar-refractivity contribution in [2.45, 2.75) is 68.9 Å². The molecule has 1 aromatic rings. The first-order chi connectivity index (χ1) is 15.7. The first-order valence-corrected chi connectivity index (χ1v) is 14.1. The topological polar surface area (TPSA) is 63.2 Å². The van der Waals surface area contributed by atoms with Crippen LogP contribution in [0.2, 0.25) is 0 Å². The molecule has 4 aliphatic carbocycles. The molecule has 3 saturated carbocycles. The number of benzene rings is 1. The van der Waals surface area contributed by atoms with Gasteiger partial charge in [-0.25, -0.2) is 0 Å². The highest BCUT2D eigenvalue weighted by Crippen LogP contribution is 2.66. The van der Waals surface area contributed by atoms with Gasteiger partial charge in [0.25, 0.3) is 0 Å². The number of carbonyl (C=O) groups is 3. The monoisotopic (exact) mass is 529 g/mol. The molecule has 4 nitrogen and oxygen atoms in total. The van der Waals surface area contributed by atoms with Gasteiger partial charge in [0.05, 0.1) is 5.33 Å². The normalized spacial score (nSPS) is 37.6. The molecule has 176 valence electrons. The first-order valence-electron chi connectivity index (χ1n) is 12.1. The van der Waals surface area contributed by atoms with Gasteiger partial charge in [-0.15, -0.1) is 11.8 Å². The number of rotatable bonds is 4. The van der Waals surface area contributed by atoms with Gasteiger partial charge in [0.1, 0.15) is 5.78 Å². The number of nitrogens with one attached hydrogen (secondary N) is 1. The van der Waals surface area contributed by atoms with Crippen molar-refractivity contribution in [3.63, 3.8) is 0 Å². The van der Waals surface area contributed by atoms with Gasteiger partial charge in [0, 0.05) is 34.1 Å². The Morgan fingerprint density at radius 2 is 1.79 bits per heavy atom. The molecule has 1 aromatic carbocycles. The van der Waals surface area contributed by atoms with Gasteiger partial charge < -0.3 is 5.32 Å². The Morgan fingerprint density at radius 1 is 1.06 bits per heavy atom. The second-order valence-electron chi connectivity index (χ2n) is 10.8. The van der Waals surface area contributed by atoms with Crippen LogP contribution in [0.5, 0.6) is 0 Å². The Labute approximate surface area is 208 Å². The molecular formula is C27H32BrNO3S. The van der Waals surface area contributed by atoms with Crippen molar-refractivity contribution < 1.29 is 14.4 Å². The number of thioether (sulfide) groups is 1. The third-order valence-electron chi connectivity index (χ3n) is 9.22. The lowest BCUT2D eigenvalue weighted by molar-refractivity contribution is -0.132. The number of hydrogen-bond donors (Lipinski definition) is 1. The van der Waals surface area contributed by atoms with Gasteiger partial charge in [-0.1, -0.05) is 35.4 Å². The average Bonchev–Trinajstić information content (AvgIpc) is 3.10. The van der Waals surface area contributed by atoms with Crippen molar-refractivity contribution in [1.82, 2.24) is 0 Å². The molecule has 6 heteroatoms. The van der Waals surface area contributed by atoms with Crippen LogP contribution in [0.25, 0.3) is 0 Å². The Hall–Kier alpha value is -1.40. The Bertz CT molecular complexity index is 1020. The van der Waals surface area contributed by atoms with Crippen LogP contribution in [-0.4, -0.2) is 28.1 Å². The summed E-state index contributed by atoms with van der Waals surface area (Å²) in [4.78, 5) is 38.1. The Morgan fingerprint density at radius 3 is 2.52 bits per heavy atom. The number of alkyl halides is 1. The van der Waals surface area contributed by atoms with Crippen LogP contribution in [0.1, 0.15) is 58.8 Å². The summed E-state index contributed by atoms with van der Waals surface area (Å²) in [6, 6.07) is 8.08.